The van der Waals surface area contributed by atoms with Gasteiger partial charge >= 0.3 is 6.09 Å². The van der Waals surface area contributed by atoms with Gasteiger partial charge in [0, 0.05) is 11.9 Å². The molecule has 128 valence electrons. The lowest BCUT2D eigenvalue weighted by molar-refractivity contribution is 0.0636. The maximum absolute atomic E-state index is 12.3. The van der Waals surface area contributed by atoms with Crippen LogP contribution in [0, 0.1) is 0 Å². The topological polar surface area (TPSA) is 97.4 Å². The Bertz CT molecular complexity index is 797. The first-order valence-electron chi connectivity index (χ1n) is 7.20. The van der Waals surface area contributed by atoms with E-state index in [1.165, 1.54) is 30.5 Å². The van der Waals surface area contributed by atoms with E-state index in [0.717, 1.165) is 0 Å². The molecular weight excluding hydrogens is 330 g/mol. The fraction of sp³-hybridized carbons (Fsp3) is 0.250. The average molecular weight is 349 g/mol. The summed E-state index contributed by atoms with van der Waals surface area (Å²) in [6.07, 6.45) is 0.885. The third-order valence-corrected chi connectivity index (χ3v) is 4.08. The van der Waals surface area contributed by atoms with Crippen molar-refractivity contribution >= 4 is 27.6 Å². The molecular formula is C16H19N3O4S. The quantitative estimate of drug-likeness (QED) is 0.883. The summed E-state index contributed by atoms with van der Waals surface area (Å²) in [7, 11) is -3.74. The summed E-state index contributed by atoms with van der Waals surface area (Å²) in [6, 6.07) is 10.7. The van der Waals surface area contributed by atoms with E-state index in [0.29, 0.717) is 5.69 Å². The summed E-state index contributed by atoms with van der Waals surface area (Å²) in [5.41, 5.74) is -0.180. The standard InChI is InChI=1S/C16H19N3O4S/c1-16(2,3)23-15(20)18-12-7-9-13(10-8-12)24(21,22)19-14-6-4-5-11-17-14/h4-11H,1-3H3,(H,17,19)(H,18,20). The van der Waals surface area contributed by atoms with Gasteiger partial charge in [0.1, 0.15) is 11.4 Å². The molecule has 0 atom stereocenters. The molecule has 24 heavy (non-hydrogen) atoms. The third-order valence-electron chi connectivity index (χ3n) is 2.71. The minimum Gasteiger partial charge on any atom is -0.444 e. The number of amides is 1. The van der Waals surface area contributed by atoms with Gasteiger partial charge in [-0.15, -0.1) is 0 Å². The summed E-state index contributed by atoms with van der Waals surface area (Å²) in [6.45, 7) is 5.27. The molecule has 0 aliphatic carbocycles. The average Bonchev–Trinajstić information content (AvgIpc) is 2.46. The first-order valence-corrected chi connectivity index (χ1v) is 8.68. The van der Waals surface area contributed by atoms with Gasteiger partial charge in [-0.3, -0.25) is 10.0 Å². The highest BCUT2D eigenvalue weighted by Gasteiger charge is 2.17. The Morgan fingerprint density at radius 1 is 1.08 bits per heavy atom. The molecule has 8 heteroatoms. The van der Waals surface area contributed by atoms with Gasteiger partial charge in [-0.05, 0) is 57.2 Å². The number of aromatic nitrogens is 1. The highest BCUT2D eigenvalue weighted by atomic mass is 32.2. The van der Waals surface area contributed by atoms with Crippen molar-refractivity contribution in [2.24, 2.45) is 0 Å². The second-order valence-corrected chi connectivity index (χ2v) is 7.65. The zero-order valence-corrected chi connectivity index (χ0v) is 14.4. The molecule has 0 spiro atoms. The highest BCUT2D eigenvalue weighted by Crippen LogP contribution is 2.18. The van der Waals surface area contributed by atoms with Crippen LogP contribution in [0.2, 0.25) is 0 Å². The Labute approximate surface area is 141 Å². The van der Waals surface area contributed by atoms with E-state index in [1.807, 2.05) is 0 Å². The number of ether oxygens (including phenoxy) is 1. The molecule has 0 bridgehead atoms. The van der Waals surface area contributed by atoms with Crippen molar-refractivity contribution in [2.75, 3.05) is 10.0 Å². The maximum atomic E-state index is 12.3. The van der Waals surface area contributed by atoms with Crippen LogP contribution in [-0.2, 0) is 14.8 Å². The Balaban J connectivity index is 2.07. The van der Waals surface area contributed by atoms with E-state index >= 15 is 0 Å². The van der Waals surface area contributed by atoms with Gasteiger partial charge in [0.25, 0.3) is 10.0 Å². The van der Waals surface area contributed by atoms with E-state index in [-0.39, 0.29) is 10.7 Å². The number of carbonyl (C=O) groups excluding carboxylic acids is 1. The van der Waals surface area contributed by atoms with E-state index in [9.17, 15) is 13.2 Å². The predicted octanol–water partition coefficient (Wildman–Crippen LogP) is 3.23. The van der Waals surface area contributed by atoms with Gasteiger partial charge in [0.2, 0.25) is 0 Å². The summed E-state index contributed by atoms with van der Waals surface area (Å²) in [4.78, 5) is 15.7. The van der Waals surface area contributed by atoms with Crippen LogP contribution in [0.5, 0.6) is 0 Å². The van der Waals surface area contributed by atoms with Crippen molar-refractivity contribution < 1.29 is 17.9 Å². The zero-order chi connectivity index (χ0) is 17.8. The Kier molecular flexibility index (Phi) is 5.08. The molecule has 1 aromatic heterocycles. The van der Waals surface area contributed by atoms with E-state index in [1.54, 1.807) is 39.0 Å². The molecule has 1 heterocycles. The largest absolute Gasteiger partial charge is 0.444 e. The molecule has 1 aromatic carbocycles. The van der Waals surface area contributed by atoms with Crippen molar-refractivity contribution in [2.45, 2.75) is 31.3 Å². The molecule has 7 nitrogen and oxygen atoms in total. The number of carbonyl (C=O) groups is 1. The summed E-state index contributed by atoms with van der Waals surface area (Å²) >= 11 is 0. The van der Waals surface area contributed by atoms with Gasteiger partial charge in [0.05, 0.1) is 4.90 Å². The number of anilines is 2. The maximum Gasteiger partial charge on any atom is 0.412 e. The van der Waals surface area contributed by atoms with Crippen LogP contribution in [0.3, 0.4) is 0 Å². The van der Waals surface area contributed by atoms with Crippen LogP contribution in [0.25, 0.3) is 0 Å². The van der Waals surface area contributed by atoms with Crippen LogP contribution in [0.15, 0.2) is 53.6 Å². The summed E-state index contributed by atoms with van der Waals surface area (Å²) in [5, 5.41) is 2.54. The van der Waals surface area contributed by atoms with Crippen LogP contribution in [-0.4, -0.2) is 25.1 Å². The van der Waals surface area contributed by atoms with Crippen molar-refractivity contribution in [3.8, 4) is 0 Å². The zero-order valence-electron chi connectivity index (χ0n) is 13.6. The number of nitrogens with zero attached hydrogens (tertiary/aromatic N) is 1. The monoisotopic (exact) mass is 349 g/mol. The van der Waals surface area contributed by atoms with Gasteiger partial charge in [-0.25, -0.2) is 18.2 Å². The Hall–Kier alpha value is -2.61. The van der Waals surface area contributed by atoms with Crippen LogP contribution in [0.1, 0.15) is 20.8 Å². The normalized spacial score (nSPS) is 11.6. The summed E-state index contributed by atoms with van der Waals surface area (Å²) in [5.74, 6) is 0.230. The number of pyridine rings is 1. The number of hydrogen-bond donors (Lipinski definition) is 2. The third kappa shape index (κ3) is 5.24. The predicted molar refractivity (Wildman–Crippen MR) is 91.3 cm³/mol. The second-order valence-electron chi connectivity index (χ2n) is 5.97. The lowest BCUT2D eigenvalue weighted by Crippen LogP contribution is -2.27. The number of hydrogen-bond acceptors (Lipinski definition) is 5. The molecule has 0 aliphatic rings. The SMILES string of the molecule is CC(C)(C)OC(=O)Nc1ccc(S(=O)(=O)Nc2ccccn2)cc1. The molecule has 0 saturated heterocycles. The fourth-order valence-corrected chi connectivity index (χ4v) is 2.77. The first kappa shape index (κ1) is 17.7. The van der Waals surface area contributed by atoms with Crippen LogP contribution >= 0.6 is 0 Å². The van der Waals surface area contributed by atoms with Gasteiger partial charge in [-0.1, -0.05) is 6.07 Å². The molecule has 0 radical (unpaired) electrons. The molecule has 0 aliphatic heterocycles. The van der Waals surface area contributed by atoms with Crippen LogP contribution in [0.4, 0.5) is 16.3 Å². The lowest BCUT2D eigenvalue weighted by atomic mass is 10.2. The molecule has 0 saturated carbocycles. The number of rotatable bonds is 4. The number of sulfonamides is 1. The minimum absolute atomic E-state index is 0.0582. The van der Waals surface area contributed by atoms with Gasteiger partial charge < -0.3 is 4.74 Å². The molecule has 2 N–H and O–H groups in total. The van der Waals surface area contributed by atoms with E-state index in [2.05, 4.69) is 15.0 Å². The molecule has 2 rings (SSSR count). The molecule has 0 fully saturated rings. The number of benzene rings is 1. The Morgan fingerprint density at radius 2 is 1.75 bits per heavy atom. The van der Waals surface area contributed by atoms with Crippen molar-refractivity contribution in [1.29, 1.82) is 0 Å². The van der Waals surface area contributed by atoms with E-state index in [4.69, 9.17) is 4.74 Å². The lowest BCUT2D eigenvalue weighted by Gasteiger charge is -2.19. The molecule has 1 amide bonds. The van der Waals surface area contributed by atoms with Gasteiger partial charge in [-0.2, -0.15) is 0 Å². The van der Waals surface area contributed by atoms with E-state index < -0.39 is 21.7 Å². The molecule has 2 aromatic rings. The second kappa shape index (κ2) is 6.88. The molecule has 0 unspecified atom stereocenters. The summed E-state index contributed by atoms with van der Waals surface area (Å²) < 4.78 is 32.0. The van der Waals surface area contributed by atoms with Crippen molar-refractivity contribution in [3.05, 3.63) is 48.7 Å². The smallest absolute Gasteiger partial charge is 0.412 e. The fourth-order valence-electron chi connectivity index (χ4n) is 1.76. The minimum atomic E-state index is -3.74. The Morgan fingerprint density at radius 3 is 2.29 bits per heavy atom. The van der Waals surface area contributed by atoms with Crippen molar-refractivity contribution in [3.63, 3.8) is 0 Å². The number of nitrogens with one attached hydrogen (secondary N) is 2. The van der Waals surface area contributed by atoms with Crippen LogP contribution < -0.4 is 10.0 Å². The van der Waals surface area contributed by atoms with Crippen molar-refractivity contribution in [1.82, 2.24) is 4.98 Å². The first-order chi connectivity index (χ1) is 11.2. The highest BCUT2D eigenvalue weighted by molar-refractivity contribution is 7.92. The van der Waals surface area contributed by atoms with Gasteiger partial charge in [0.15, 0.2) is 0 Å².